The predicted octanol–water partition coefficient (Wildman–Crippen LogP) is 2.58. The van der Waals surface area contributed by atoms with E-state index in [1.54, 1.807) is 6.20 Å². The Hall–Kier alpha value is -1.84. The molecule has 94 valence electrons. The molecule has 1 N–H and O–H groups in total. The number of hydrogen-bond donors (Lipinski definition) is 1. The number of aromatic nitrogens is 2. The first kappa shape index (κ1) is 11.3. The molecule has 3 rings (SSSR count). The molecular formula is C14H17N3O. The van der Waals surface area contributed by atoms with Gasteiger partial charge in [-0.05, 0) is 25.0 Å². The minimum absolute atomic E-state index is 0.147. The van der Waals surface area contributed by atoms with E-state index in [-0.39, 0.29) is 5.91 Å². The van der Waals surface area contributed by atoms with Gasteiger partial charge in [0, 0.05) is 24.0 Å². The fourth-order valence-corrected chi connectivity index (χ4v) is 2.53. The Kier molecular flexibility index (Phi) is 3.00. The van der Waals surface area contributed by atoms with Crippen LogP contribution in [0.15, 0.2) is 24.4 Å². The number of hydrogen-bond acceptors (Lipinski definition) is 2. The first-order chi connectivity index (χ1) is 8.84. The molecule has 1 aliphatic rings. The SMILES string of the molecule is O=C(c1ccc2cn[nH]c2c1)N1CCCCCC1. The molecule has 0 bridgehead atoms. The molecule has 1 aromatic carbocycles. The predicted molar refractivity (Wildman–Crippen MR) is 70.5 cm³/mol. The molecule has 0 saturated carbocycles. The van der Waals surface area contributed by atoms with Crippen LogP contribution in [-0.4, -0.2) is 34.1 Å². The van der Waals surface area contributed by atoms with Crippen LogP contribution in [0.4, 0.5) is 0 Å². The number of nitrogens with one attached hydrogen (secondary N) is 1. The van der Waals surface area contributed by atoms with Gasteiger partial charge in [0.25, 0.3) is 5.91 Å². The second-order valence-electron chi connectivity index (χ2n) is 4.88. The van der Waals surface area contributed by atoms with E-state index in [4.69, 9.17) is 0 Å². The Morgan fingerprint density at radius 2 is 1.94 bits per heavy atom. The number of H-pyrrole nitrogens is 1. The Balaban J connectivity index is 1.85. The third-order valence-electron chi connectivity index (χ3n) is 3.58. The van der Waals surface area contributed by atoms with E-state index in [9.17, 15) is 4.79 Å². The van der Waals surface area contributed by atoms with Gasteiger partial charge in [-0.3, -0.25) is 9.89 Å². The number of carbonyl (C=O) groups excluding carboxylic acids is 1. The lowest BCUT2D eigenvalue weighted by Crippen LogP contribution is -2.31. The zero-order chi connectivity index (χ0) is 12.4. The molecule has 1 aliphatic heterocycles. The lowest BCUT2D eigenvalue weighted by Gasteiger charge is -2.20. The number of carbonyl (C=O) groups is 1. The average Bonchev–Trinajstić information content (AvgIpc) is 2.69. The molecule has 1 saturated heterocycles. The zero-order valence-electron chi connectivity index (χ0n) is 10.4. The van der Waals surface area contributed by atoms with E-state index in [1.165, 1.54) is 12.8 Å². The molecule has 0 aliphatic carbocycles. The summed E-state index contributed by atoms with van der Waals surface area (Å²) < 4.78 is 0. The van der Waals surface area contributed by atoms with Crippen LogP contribution in [0.25, 0.3) is 10.9 Å². The average molecular weight is 243 g/mol. The number of fused-ring (bicyclic) bond motifs is 1. The van der Waals surface area contributed by atoms with Crippen molar-refractivity contribution in [1.29, 1.82) is 0 Å². The molecule has 0 radical (unpaired) electrons. The second kappa shape index (κ2) is 4.80. The largest absolute Gasteiger partial charge is 0.339 e. The van der Waals surface area contributed by atoms with E-state index in [0.29, 0.717) is 0 Å². The molecule has 4 nitrogen and oxygen atoms in total. The van der Waals surface area contributed by atoms with Crippen molar-refractivity contribution in [2.24, 2.45) is 0 Å². The minimum atomic E-state index is 0.147. The van der Waals surface area contributed by atoms with Gasteiger partial charge in [-0.1, -0.05) is 18.9 Å². The quantitative estimate of drug-likeness (QED) is 0.836. The highest BCUT2D eigenvalue weighted by Gasteiger charge is 2.17. The van der Waals surface area contributed by atoms with Crippen molar-refractivity contribution >= 4 is 16.8 Å². The van der Waals surface area contributed by atoms with Crippen LogP contribution >= 0.6 is 0 Å². The normalized spacial score (nSPS) is 16.8. The van der Waals surface area contributed by atoms with Gasteiger partial charge in [0.05, 0.1) is 11.7 Å². The van der Waals surface area contributed by atoms with Gasteiger partial charge in [-0.25, -0.2) is 0 Å². The second-order valence-corrected chi connectivity index (χ2v) is 4.88. The maximum absolute atomic E-state index is 12.4. The van der Waals surface area contributed by atoms with Crippen LogP contribution in [0.5, 0.6) is 0 Å². The highest BCUT2D eigenvalue weighted by Crippen LogP contribution is 2.17. The standard InChI is InChI=1S/C14H17N3O/c18-14(17-7-3-1-2-4-8-17)11-5-6-12-10-15-16-13(12)9-11/h5-6,9-10H,1-4,7-8H2,(H,15,16). The number of aromatic amines is 1. The topological polar surface area (TPSA) is 49.0 Å². The molecule has 2 aromatic rings. The van der Waals surface area contributed by atoms with Crippen LogP contribution in [0.2, 0.25) is 0 Å². The molecule has 1 amide bonds. The summed E-state index contributed by atoms with van der Waals surface area (Å²) in [5, 5.41) is 7.93. The molecule has 1 fully saturated rings. The summed E-state index contributed by atoms with van der Waals surface area (Å²) in [5.74, 6) is 0.147. The third kappa shape index (κ3) is 2.10. The summed E-state index contributed by atoms with van der Waals surface area (Å²) in [4.78, 5) is 14.4. The van der Waals surface area contributed by atoms with Crippen molar-refractivity contribution < 1.29 is 4.79 Å². The monoisotopic (exact) mass is 243 g/mol. The molecule has 0 unspecified atom stereocenters. The third-order valence-corrected chi connectivity index (χ3v) is 3.58. The summed E-state index contributed by atoms with van der Waals surface area (Å²) in [6.45, 7) is 1.78. The van der Waals surface area contributed by atoms with Gasteiger partial charge in [-0.15, -0.1) is 0 Å². The number of likely N-dealkylation sites (tertiary alicyclic amines) is 1. The molecule has 2 heterocycles. The molecule has 4 heteroatoms. The Morgan fingerprint density at radius 3 is 2.72 bits per heavy atom. The first-order valence-electron chi connectivity index (χ1n) is 6.57. The highest BCUT2D eigenvalue weighted by atomic mass is 16.2. The van der Waals surface area contributed by atoms with Crippen molar-refractivity contribution in [2.45, 2.75) is 25.7 Å². The summed E-state index contributed by atoms with van der Waals surface area (Å²) in [6.07, 6.45) is 6.50. The van der Waals surface area contributed by atoms with E-state index in [0.717, 1.165) is 42.4 Å². The summed E-state index contributed by atoms with van der Waals surface area (Å²) >= 11 is 0. The van der Waals surface area contributed by atoms with Gasteiger partial charge in [0.2, 0.25) is 0 Å². The summed E-state index contributed by atoms with van der Waals surface area (Å²) in [6, 6.07) is 5.74. The Labute approximate surface area is 106 Å². The smallest absolute Gasteiger partial charge is 0.253 e. The van der Waals surface area contributed by atoms with Crippen LogP contribution < -0.4 is 0 Å². The number of amides is 1. The molecule has 18 heavy (non-hydrogen) atoms. The Morgan fingerprint density at radius 1 is 1.17 bits per heavy atom. The summed E-state index contributed by atoms with van der Waals surface area (Å²) in [7, 11) is 0. The number of rotatable bonds is 1. The lowest BCUT2D eigenvalue weighted by atomic mass is 10.1. The van der Waals surface area contributed by atoms with Gasteiger partial charge in [-0.2, -0.15) is 5.10 Å². The summed E-state index contributed by atoms with van der Waals surface area (Å²) in [5.41, 5.74) is 1.68. The number of benzene rings is 1. The zero-order valence-corrected chi connectivity index (χ0v) is 10.4. The Bertz CT molecular complexity index is 553. The highest BCUT2D eigenvalue weighted by molar-refractivity contribution is 5.97. The van der Waals surface area contributed by atoms with Gasteiger partial charge < -0.3 is 4.90 Å². The van der Waals surface area contributed by atoms with Crippen molar-refractivity contribution in [3.63, 3.8) is 0 Å². The van der Waals surface area contributed by atoms with Crippen molar-refractivity contribution in [2.75, 3.05) is 13.1 Å². The molecule has 1 aromatic heterocycles. The van der Waals surface area contributed by atoms with E-state index >= 15 is 0 Å². The first-order valence-corrected chi connectivity index (χ1v) is 6.57. The fraction of sp³-hybridized carbons (Fsp3) is 0.429. The number of nitrogens with zero attached hydrogens (tertiary/aromatic N) is 2. The van der Waals surface area contributed by atoms with E-state index in [1.807, 2.05) is 23.1 Å². The van der Waals surface area contributed by atoms with Crippen LogP contribution in [0.3, 0.4) is 0 Å². The molecular weight excluding hydrogens is 226 g/mol. The fourth-order valence-electron chi connectivity index (χ4n) is 2.53. The van der Waals surface area contributed by atoms with Crippen molar-refractivity contribution in [3.8, 4) is 0 Å². The minimum Gasteiger partial charge on any atom is -0.339 e. The van der Waals surface area contributed by atoms with Gasteiger partial charge in [0.15, 0.2) is 0 Å². The van der Waals surface area contributed by atoms with Crippen LogP contribution in [0, 0.1) is 0 Å². The molecule has 0 atom stereocenters. The van der Waals surface area contributed by atoms with Crippen molar-refractivity contribution in [1.82, 2.24) is 15.1 Å². The van der Waals surface area contributed by atoms with Crippen LogP contribution in [-0.2, 0) is 0 Å². The molecule has 0 spiro atoms. The maximum atomic E-state index is 12.4. The van der Waals surface area contributed by atoms with Gasteiger partial charge >= 0.3 is 0 Å². The van der Waals surface area contributed by atoms with E-state index < -0.39 is 0 Å². The van der Waals surface area contributed by atoms with Crippen molar-refractivity contribution in [3.05, 3.63) is 30.0 Å². The lowest BCUT2D eigenvalue weighted by molar-refractivity contribution is 0.0762. The maximum Gasteiger partial charge on any atom is 0.253 e. The van der Waals surface area contributed by atoms with Crippen LogP contribution in [0.1, 0.15) is 36.0 Å². The van der Waals surface area contributed by atoms with Gasteiger partial charge in [0.1, 0.15) is 0 Å². The van der Waals surface area contributed by atoms with E-state index in [2.05, 4.69) is 10.2 Å².